The van der Waals surface area contributed by atoms with Crippen LogP contribution in [-0.2, 0) is 6.42 Å². The Labute approximate surface area is 106 Å². The van der Waals surface area contributed by atoms with Crippen molar-refractivity contribution in [1.29, 1.82) is 0 Å². The van der Waals surface area contributed by atoms with Gasteiger partial charge < -0.3 is 10.3 Å². The highest BCUT2D eigenvalue weighted by Gasteiger charge is 2.33. The molecule has 2 aromatic rings. The lowest BCUT2D eigenvalue weighted by atomic mass is 9.76. The number of H-pyrrole nitrogens is 1. The van der Waals surface area contributed by atoms with E-state index in [9.17, 15) is 0 Å². The number of fused-ring (bicyclic) bond motifs is 2. The van der Waals surface area contributed by atoms with Gasteiger partial charge in [-0.15, -0.1) is 12.6 Å². The maximum absolute atomic E-state index is 4.59. The van der Waals surface area contributed by atoms with Crippen LogP contribution in [0.2, 0.25) is 0 Å². The Bertz CT molecular complexity index is 587. The van der Waals surface area contributed by atoms with Gasteiger partial charge in [-0.25, -0.2) is 0 Å². The summed E-state index contributed by atoms with van der Waals surface area (Å²) in [6.07, 6.45) is 3.74. The smallest absolute Gasteiger partial charge is 0.0734 e. The van der Waals surface area contributed by atoms with Crippen molar-refractivity contribution in [2.45, 2.75) is 36.2 Å². The average Bonchev–Trinajstić information content (AvgIpc) is 2.68. The molecule has 17 heavy (non-hydrogen) atoms. The molecule has 1 aliphatic carbocycles. The largest absolute Gasteiger partial charge is 0.350 e. The summed E-state index contributed by atoms with van der Waals surface area (Å²) in [5.74, 6) is 0.698. The minimum atomic E-state index is 0.614. The van der Waals surface area contributed by atoms with E-state index >= 15 is 0 Å². The average molecular weight is 244 g/mol. The first kappa shape index (κ1) is 10.0. The molecule has 1 unspecified atom stereocenters. The molecule has 0 amide bonds. The van der Waals surface area contributed by atoms with Gasteiger partial charge in [0, 0.05) is 22.9 Å². The molecule has 4 rings (SSSR count). The van der Waals surface area contributed by atoms with Crippen LogP contribution in [0.5, 0.6) is 0 Å². The number of thiol groups is 1. The van der Waals surface area contributed by atoms with Gasteiger partial charge in [0.15, 0.2) is 0 Å². The first-order valence-electron chi connectivity index (χ1n) is 6.40. The third-order valence-corrected chi connectivity index (χ3v) is 4.73. The molecular weight excluding hydrogens is 228 g/mol. The van der Waals surface area contributed by atoms with E-state index in [4.69, 9.17) is 0 Å². The van der Waals surface area contributed by atoms with Crippen molar-refractivity contribution in [2.24, 2.45) is 0 Å². The summed E-state index contributed by atoms with van der Waals surface area (Å²) >= 11 is 4.59. The summed E-state index contributed by atoms with van der Waals surface area (Å²) in [6.45, 7) is 1.17. The van der Waals surface area contributed by atoms with Crippen LogP contribution in [-0.4, -0.2) is 17.6 Å². The van der Waals surface area contributed by atoms with Crippen LogP contribution in [0, 0.1) is 0 Å². The molecule has 1 aliphatic heterocycles. The van der Waals surface area contributed by atoms with Gasteiger partial charge in [-0.3, -0.25) is 0 Å². The first-order chi connectivity index (χ1) is 8.34. The fraction of sp³-hybridized carbons (Fsp3) is 0.429. The van der Waals surface area contributed by atoms with Gasteiger partial charge >= 0.3 is 0 Å². The van der Waals surface area contributed by atoms with Crippen molar-refractivity contribution in [3.8, 4) is 0 Å². The highest BCUT2D eigenvalue weighted by Crippen LogP contribution is 2.42. The molecule has 2 aliphatic rings. The number of piperidine rings is 1. The number of rotatable bonds is 0. The van der Waals surface area contributed by atoms with E-state index in [1.165, 1.54) is 41.4 Å². The van der Waals surface area contributed by atoms with Gasteiger partial charge in [0.25, 0.3) is 0 Å². The Kier molecular flexibility index (Phi) is 2.08. The molecule has 0 radical (unpaired) electrons. The van der Waals surface area contributed by atoms with Crippen molar-refractivity contribution in [2.75, 3.05) is 6.54 Å². The zero-order valence-electron chi connectivity index (χ0n) is 9.66. The van der Waals surface area contributed by atoms with E-state index in [2.05, 4.69) is 41.1 Å². The summed E-state index contributed by atoms with van der Waals surface area (Å²) in [5, 5.41) is 6.17. The predicted molar refractivity (Wildman–Crippen MR) is 73.0 cm³/mol. The molecule has 1 fully saturated rings. The van der Waals surface area contributed by atoms with Crippen LogP contribution in [0.3, 0.4) is 0 Å². The first-order valence-corrected chi connectivity index (χ1v) is 6.85. The molecule has 2 N–H and O–H groups in total. The molecule has 1 aromatic heterocycles. The molecule has 2 nitrogen and oxygen atoms in total. The van der Waals surface area contributed by atoms with E-state index in [0.717, 1.165) is 11.4 Å². The second-order valence-corrected chi connectivity index (χ2v) is 5.68. The van der Waals surface area contributed by atoms with Gasteiger partial charge in [-0.1, -0.05) is 12.1 Å². The zero-order valence-corrected chi connectivity index (χ0v) is 10.6. The van der Waals surface area contributed by atoms with Crippen molar-refractivity contribution >= 4 is 23.5 Å². The van der Waals surface area contributed by atoms with E-state index in [1.807, 2.05) is 0 Å². The SMILES string of the molecule is Sc1[nH]c2cccc3c2c1C[C@H]1NCCCC31. The number of hydrogen-bond donors (Lipinski definition) is 3. The third-order valence-electron chi connectivity index (χ3n) is 4.35. The van der Waals surface area contributed by atoms with Gasteiger partial charge in [-0.2, -0.15) is 0 Å². The van der Waals surface area contributed by atoms with Crippen LogP contribution < -0.4 is 5.32 Å². The summed E-state index contributed by atoms with van der Waals surface area (Å²) in [5.41, 5.74) is 4.19. The molecule has 2 heterocycles. The molecule has 0 bridgehead atoms. The molecule has 2 atom stereocenters. The van der Waals surface area contributed by atoms with E-state index in [0.29, 0.717) is 12.0 Å². The normalized spacial score (nSPS) is 27.1. The number of benzene rings is 1. The Morgan fingerprint density at radius 3 is 3.18 bits per heavy atom. The Hall–Kier alpha value is -0.930. The summed E-state index contributed by atoms with van der Waals surface area (Å²) in [6, 6.07) is 7.25. The molecule has 0 saturated carbocycles. The summed E-state index contributed by atoms with van der Waals surface area (Å²) < 4.78 is 0. The van der Waals surface area contributed by atoms with E-state index in [1.54, 1.807) is 0 Å². The highest BCUT2D eigenvalue weighted by molar-refractivity contribution is 7.80. The standard InChI is InChI=1S/C14H16N2S/c17-14-10-7-12-8(4-2-6-15-12)9-3-1-5-11(16-14)13(9)10/h1,3,5,8,12,15-17H,2,4,6-7H2/t8?,12-/m1/s1. The maximum Gasteiger partial charge on any atom is 0.0734 e. The molecule has 1 aromatic carbocycles. The minimum Gasteiger partial charge on any atom is -0.350 e. The monoisotopic (exact) mass is 244 g/mol. The van der Waals surface area contributed by atoms with Crippen LogP contribution >= 0.6 is 12.6 Å². The van der Waals surface area contributed by atoms with Crippen LogP contribution in [0.4, 0.5) is 0 Å². The molecular formula is C14H16N2S. The van der Waals surface area contributed by atoms with Crippen molar-refractivity contribution in [1.82, 2.24) is 10.3 Å². The van der Waals surface area contributed by atoms with Crippen LogP contribution in [0.15, 0.2) is 23.2 Å². The Morgan fingerprint density at radius 2 is 2.24 bits per heavy atom. The molecule has 88 valence electrons. The van der Waals surface area contributed by atoms with Crippen molar-refractivity contribution < 1.29 is 0 Å². The topological polar surface area (TPSA) is 27.8 Å². The minimum absolute atomic E-state index is 0.614. The number of aromatic amines is 1. The quantitative estimate of drug-likeness (QED) is 0.611. The Balaban J connectivity index is 2.01. The Morgan fingerprint density at radius 1 is 1.29 bits per heavy atom. The zero-order chi connectivity index (χ0) is 11.4. The second kappa shape index (κ2) is 3.53. The van der Waals surface area contributed by atoms with Crippen molar-refractivity contribution in [3.05, 3.63) is 29.3 Å². The number of nitrogens with one attached hydrogen (secondary N) is 2. The third kappa shape index (κ3) is 1.33. The van der Waals surface area contributed by atoms with Gasteiger partial charge in [0.05, 0.1) is 5.03 Å². The van der Waals surface area contributed by atoms with Gasteiger partial charge in [-0.05, 0) is 43.0 Å². The molecule has 0 spiro atoms. The summed E-state index contributed by atoms with van der Waals surface area (Å²) in [4.78, 5) is 3.40. The van der Waals surface area contributed by atoms with Crippen LogP contribution in [0.1, 0.15) is 29.9 Å². The fourth-order valence-electron chi connectivity index (χ4n) is 3.60. The lowest BCUT2D eigenvalue weighted by Crippen LogP contribution is -2.43. The predicted octanol–water partition coefficient (Wildman–Crippen LogP) is 2.85. The summed E-state index contributed by atoms with van der Waals surface area (Å²) in [7, 11) is 0. The number of aromatic nitrogens is 1. The van der Waals surface area contributed by atoms with Crippen molar-refractivity contribution in [3.63, 3.8) is 0 Å². The molecule has 3 heteroatoms. The lowest BCUT2D eigenvalue weighted by Gasteiger charge is -2.36. The fourth-order valence-corrected chi connectivity index (χ4v) is 3.92. The molecule has 1 saturated heterocycles. The lowest BCUT2D eigenvalue weighted by molar-refractivity contribution is 0.344. The highest BCUT2D eigenvalue weighted by atomic mass is 32.1. The van der Waals surface area contributed by atoms with Gasteiger partial charge in [0.1, 0.15) is 0 Å². The van der Waals surface area contributed by atoms with Gasteiger partial charge in [0.2, 0.25) is 0 Å². The maximum atomic E-state index is 4.59. The number of hydrogen-bond acceptors (Lipinski definition) is 2. The van der Waals surface area contributed by atoms with E-state index < -0.39 is 0 Å². The van der Waals surface area contributed by atoms with Crippen LogP contribution in [0.25, 0.3) is 10.9 Å². The van der Waals surface area contributed by atoms with E-state index in [-0.39, 0.29) is 0 Å². The second-order valence-electron chi connectivity index (χ2n) is 5.24.